The van der Waals surface area contributed by atoms with Crippen LogP contribution in [-0.2, 0) is 9.53 Å². The van der Waals surface area contributed by atoms with Gasteiger partial charge in [0.25, 0.3) is 6.47 Å². The van der Waals surface area contributed by atoms with Gasteiger partial charge in [0.2, 0.25) is 0 Å². The van der Waals surface area contributed by atoms with Crippen LogP contribution >= 0.6 is 0 Å². The number of ether oxygens (including phenoxy) is 1. The summed E-state index contributed by atoms with van der Waals surface area (Å²) in [5, 5.41) is 2.40. The van der Waals surface area contributed by atoms with E-state index < -0.39 is 0 Å². The van der Waals surface area contributed by atoms with Crippen molar-refractivity contribution in [2.24, 2.45) is 0 Å². The van der Waals surface area contributed by atoms with Gasteiger partial charge in [-0.1, -0.05) is 49.7 Å². The number of carbonyl (C=O) groups excluding carboxylic acids is 1. The fourth-order valence-corrected chi connectivity index (χ4v) is 2.18. The summed E-state index contributed by atoms with van der Waals surface area (Å²) in [6.07, 6.45) is 2.93. The molecular formula is C16H18O2. The van der Waals surface area contributed by atoms with Crippen LogP contribution < -0.4 is 0 Å². The first-order valence-corrected chi connectivity index (χ1v) is 6.43. The quantitative estimate of drug-likeness (QED) is 0.708. The van der Waals surface area contributed by atoms with E-state index in [1.54, 1.807) is 0 Å². The van der Waals surface area contributed by atoms with E-state index in [1.807, 2.05) is 18.2 Å². The van der Waals surface area contributed by atoms with E-state index in [4.69, 9.17) is 4.74 Å². The second-order valence-electron chi connectivity index (χ2n) is 4.47. The van der Waals surface area contributed by atoms with Crippen LogP contribution in [0.2, 0.25) is 0 Å². The molecule has 2 heteroatoms. The fourth-order valence-electron chi connectivity index (χ4n) is 2.18. The maximum atomic E-state index is 10.6. The minimum absolute atomic E-state index is 0.118. The second-order valence-corrected chi connectivity index (χ2v) is 4.47. The zero-order valence-electron chi connectivity index (χ0n) is 10.6. The van der Waals surface area contributed by atoms with Gasteiger partial charge >= 0.3 is 0 Å². The van der Waals surface area contributed by atoms with Crippen molar-refractivity contribution in [2.45, 2.75) is 32.3 Å². The predicted molar refractivity (Wildman–Crippen MR) is 73.4 cm³/mol. The topological polar surface area (TPSA) is 26.3 Å². The van der Waals surface area contributed by atoms with Gasteiger partial charge in [-0.3, -0.25) is 4.79 Å². The standard InChI is InChI=1S/C16H18O2/c1-2-3-8-16(18-12-17)15-10-9-13-6-4-5-7-14(13)11-15/h4-7,9-12,16H,2-3,8H2,1H3. The lowest BCUT2D eigenvalue weighted by atomic mass is 10.00. The molecule has 0 radical (unpaired) electrons. The molecule has 0 amide bonds. The minimum Gasteiger partial charge on any atom is -0.460 e. The third-order valence-electron chi connectivity index (χ3n) is 3.18. The van der Waals surface area contributed by atoms with Gasteiger partial charge in [0.15, 0.2) is 0 Å². The summed E-state index contributed by atoms with van der Waals surface area (Å²) in [7, 11) is 0. The highest BCUT2D eigenvalue weighted by molar-refractivity contribution is 5.83. The SMILES string of the molecule is CCCCC(OC=O)c1ccc2ccccc2c1. The van der Waals surface area contributed by atoms with E-state index >= 15 is 0 Å². The van der Waals surface area contributed by atoms with E-state index in [1.165, 1.54) is 10.8 Å². The molecule has 0 saturated heterocycles. The molecule has 2 rings (SSSR count). The molecular weight excluding hydrogens is 224 g/mol. The Morgan fingerprint density at radius 1 is 1.17 bits per heavy atom. The van der Waals surface area contributed by atoms with Crippen LogP contribution in [0, 0.1) is 0 Å². The summed E-state index contributed by atoms with van der Waals surface area (Å²) >= 11 is 0. The highest BCUT2D eigenvalue weighted by atomic mass is 16.5. The third-order valence-corrected chi connectivity index (χ3v) is 3.18. The van der Waals surface area contributed by atoms with Gasteiger partial charge in [-0.15, -0.1) is 0 Å². The van der Waals surface area contributed by atoms with Gasteiger partial charge in [-0.2, -0.15) is 0 Å². The summed E-state index contributed by atoms with van der Waals surface area (Å²) in [5.41, 5.74) is 1.08. The van der Waals surface area contributed by atoms with Crippen molar-refractivity contribution >= 4 is 17.2 Å². The zero-order valence-corrected chi connectivity index (χ0v) is 10.6. The van der Waals surface area contributed by atoms with Crippen LogP contribution in [0.5, 0.6) is 0 Å². The molecule has 0 heterocycles. The lowest BCUT2D eigenvalue weighted by molar-refractivity contribution is -0.134. The molecule has 18 heavy (non-hydrogen) atoms. The Labute approximate surface area is 108 Å². The molecule has 1 unspecified atom stereocenters. The first-order valence-electron chi connectivity index (χ1n) is 6.43. The number of hydrogen-bond donors (Lipinski definition) is 0. The van der Waals surface area contributed by atoms with Gasteiger partial charge in [0.05, 0.1) is 0 Å². The van der Waals surface area contributed by atoms with Crippen LogP contribution in [0.25, 0.3) is 10.8 Å². The molecule has 0 aliphatic carbocycles. The highest BCUT2D eigenvalue weighted by Gasteiger charge is 2.12. The molecule has 94 valence electrons. The molecule has 2 nitrogen and oxygen atoms in total. The number of unbranched alkanes of at least 4 members (excludes halogenated alkanes) is 1. The molecule has 0 saturated carbocycles. The van der Waals surface area contributed by atoms with Crippen molar-refractivity contribution < 1.29 is 9.53 Å². The van der Waals surface area contributed by atoms with Crippen molar-refractivity contribution in [3.05, 3.63) is 48.0 Å². The van der Waals surface area contributed by atoms with Crippen LogP contribution in [0.3, 0.4) is 0 Å². The van der Waals surface area contributed by atoms with E-state index in [0.717, 1.165) is 24.8 Å². The van der Waals surface area contributed by atoms with Crippen molar-refractivity contribution in [1.82, 2.24) is 0 Å². The van der Waals surface area contributed by atoms with Crippen LogP contribution in [0.1, 0.15) is 37.9 Å². The molecule has 1 atom stereocenters. The van der Waals surface area contributed by atoms with Gasteiger partial charge in [0.1, 0.15) is 6.10 Å². The smallest absolute Gasteiger partial charge is 0.293 e. The average Bonchev–Trinajstić information content (AvgIpc) is 2.43. The van der Waals surface area contributed by atoms with Crippen LogP contribution in [0.15, 0.2) is 42.5 Å². The summed E-state index contributed by atoms with van der Waals surface area (Å²) in [4.78, 5) is 10.6. The van der Waals surface area contributed by atoms with Crippen LogP contribution in [0.4, 0.5) is 0 Å². The Kier molecular flexibility index (Phi) is 4.35. The van der Waals surface area contributed by atoms with Crippen LogP contribution in [-0.4, -0.2) is 6.47 Å². The van der Waals surface area contributed by atoms with Crippen molar-refractivity contribution in [2.75, 3.05) is 0 Å². The highest BCUT2D eigenvalue weighted by Crippen LogP contribution is 2.26. The number of rotatable bonds is 6. The van der Waals surface area contributed by atoms with Gasteiger partial charge in [-0.25, -0.2) is 0 Å². The van der Waals surface area contributed by atoms with Crippen molar-refractivity contribution in [1.29, 1.82) is 0 Å². The Balaban J connectivity index is 2.28. The maximum Gasteiger partial charge on any atom is 0.293 e. The summed E-state index contributed by atoms with van der Waals surface area (Å²) in [6, 6.07) is 14.5. The molecule has 0 fully saturated rings. The summed E-state index contributed by atoms with van der Waals surface area (Å²) in [6.45, 7) is 2.69. The lowest BCUT2D eigenvalue weighted by Gasteiger charge is -2.15. The number of fused-ring (bicyclic) bond motifs is 1. The van der Waals surface area contributed by atoms with Crippen molar-refractivity contribution in [3.8, 4) is 0 Å². The predicted octanol–water partition coefficient (Wildman–Crippen LogP) is 4.24. The molecule has 0 spiro atoms. The Bertz CT molecular complexity index is 519. The molecule has 2 aromatic carbocycles. The second kappa shape index (κ2) is 6.20. The largest absolute Gasteiger partial charge is 0.460 e. The number of hydrogen-bond acceptors (Lipinski definition) is 2. The van der Waals surface area contributed by atoms with E-state index in [9.17, 15) is 4.79 Å². The Morgan fingerprint density at radius 3 is 2.67 bits per heavy atom. The van der Waals surface area contributed by atoms with Crippen molar-refractivity contribution in [3.63, 3.8) is 0 Å². The Morgan fingerprint density at radius 2 is 1.94 bits per heavy atom. The van der Waals surface area contributed by atoms with E-state index in [0.29, 0.717) is 6.47 Å². The molecule has 0 aromatic heterocycles. The minimum atomic E-state index is -0.118. The molecule has 0 aliphatic heterocycles. The van der Waals surface area contributed by atoms with E-state index in [2.05, 4.69) is 31.2 Å². The maximum absolute atomic E-state index is 10.6. The third kappa shape index (κ3) is 2.89. The van der Waals surface area contributed by atoms with Gasteiger partial charge < -0.3 is 4.74 Å². The van der Waals surface area contributed by atoms with Gasteiger partial charge in [0, 0.05) is 0 Å². The van der Waals surface area contributed by atoms with E-state index in [-0.39, 0.29) is 6.10 Å². The normalized spacial score (nSPS) is 12.3. The molecule has 0 aliphatic rings. The number of benzene rings is 2. The number of carbonyl (C=O) groups is 1. The summed E-state index contributed by atoms with van der Waals surface area (Å²) in [5.74, 6) is 0. The summed E-state index contributed by atoms with van der Waals surface area (Å²) < 4.78 is 5.20. The zero-order chi connectivity index (χ0) is 12.8. The first kappa shape index (κ1) is 12.6. The van der Waals surface area contributed by atoms with Gasteiger partial charge in [-0.05, 0) is 35.2 Å². The molecule has 0 bridgehead atoms. The average molecular weight is 242 g/mol. The lowest BCUT2D eigenvalue weighted by Crippen LogP contribution is -2.03. The first-order chi connectivity index (χ1) is 8.85. The fraction of sp³-hybridized carbons (Fsp3) is 0.312. The Hall–Kier alpha value is -1.83. The molecule has 2 aromatic rings. The monoisotopic (exact) mass is 242 g/mol. The molecule has 0 N–H and O–H groups in total.